The summed E-state index contributed by atoms with van der Waals surface area (Å²) in [5.74, 6) is 0.0630. The van der Waals surface area contributed by atoms with E-state index in [-0.39, 0.29) is 5.91 Å². The van der Waals surface area contributed by atoms with Crippen molar-refractivity contribution < 1.29 is 4.79 Å². The Bertz CT molecular complexity index is 820. The Hall–Kier alpha value is -2.47. The molecule has 0 atom stereocenters. The Balaban J connectivity index is 1.54. The van der Waals surface area contributed by atoms with Crippen molar-refractivity contribution in [2.75, 3.05) is 31.1 Å². The molecular formula is C17H16N4OS. The molecule has 0 unspecified atom stereocenters. The number of aromatic nitrogens is 2. The van der Waals surface area contributed by atoms with E-state index in [2.05, 4.69) is 14.9 Å². The summed E-state index contributed by atoms with van der Waals surface area (Å²) >= 11 is 1.64. The summed E-state index contributed by atoms with van der Waals surface area (Å²) in [5.41, 5.74) is 1.47. The summed E-state index contributed by atoms with van der Waals surface area (Å²) in [6, 6.07) is 9.65. The van der Waals surface area contributed by atoms with Crippen LogP contribution in [0.15, 0.2) is 48.1 Å². The molecule has 116 valence electrons. The van der Waals surface area contributed by atoms with Crippen LogP contribution in [-0.2, 0) is 0 Å². The zero-order valence-corrected chi connectivity index (χ0v) is 13.4. The summed E-state index contributed by atoms with van der Waals surface area (Å²) in [7, 11) is 0. The van der Waals surface area contributed by atoms with Crippen molar-refractivity contribution in [1.29, 1.82) is 0 Å². The van der Waals surface area contributed by atoms with Gasteiger partial charge < -0.3 is 9.80 Å². The predicted octanol–water partition coefficient (Wildman–Crippen LogP) is 2.65. The van der Waals surface area contributed by atoms with Crippen LogP contribution in [-0.4, -0.2) is 47.0 Å². The van der Waals surface area contributed by atoms with Gasteiger partial charge in [0.2, 0.25) is 0 Å². The molecule has 23 heavy (non-hydrogen) atoms. The Morgan fingerprint density at radius 1 is 1.00 bits per heavy atom. The maximum absolute atomic E-state index is 12.9. The lowest BCUT2D eigenvalue weighted by Gasteiger charge is -2.34. The van der Waals surface area contributed by atoms with E-state index in [0.717, 1.165) is 29.1 Å². The summed E-state index contributed by atoms with van der Waals surface area (Å²) in [5, 5.41) is 4.01. The van der Waals surface area contributed by atoms with Crippen molar-refractivity contribution in [3.63, 3.8) is 0 Å². The number of hydrogen-bond acceptors (Lipinski definition) is 5. The SMILES string of the molecule is O=C(c1cccc2cccnc12)N1CCN(c2nccs2)CC1. The number of carbonyl (C=O) groups excluding carboxylic acids is 1. The molecule has 6 heteroatoms. The fourth-order valence-corrected chi connectivity index (χ4v) is 3.62. The van der Waals surface area contributed by atoms with E-state index in [1.807, 2.05) is 46.8 Å². The third-order valence-electron chi connectivity index (χ3n) is 4.12. The zero-order chi connectivity index (χ0) is 15.6. The first-order valence-corrected chi connectivity index (χ1v) is 8.48. The van der Waals surface area contributed by atoms with Gasteiger partial charge in [0.05, 0.1) is 11.1 Å². The second-order valence-electron chi connectivity index (χ2n) is 5.47. The fourth-order valence-electron chi connectivity index (χ4n) is 2.92. The molecule has 0 spiro atoms. The molecule has 4 rings (SSSR count). The van der Waals surface area contributed by atoms with Crippen molar-refractivity contribution in [3.8, 4) is 0 Å². The zero-order valence-electron chi connectivity index (χ0n) is 12.6. The van der Waals surface area contributed by atoms with Crippen LogP contribution in [0.4, 0.5) is 5.13 Å². The van der Waals surface area contributed by atoms with Crippen molar-refractivity contribution in [3.05, 3.63) is 53.7 Å². The van der Waals surface area contributed by atoms with Gasteiger partial charge in [0.25, 0.3) is 5.91 Å². The number of pyridine rings is 1. The van der Waals surface area contributed by atoms with Crippen LogP contribution < -0.4 is 4.90 Å². The van der Waals surface area contributed by atoms with Gasteiger partial charge in [-0.3, -0.25) is 9.78 Å². The second-order valence-corrected chi connectivity index (χ2v) is 6.35. The normalized spacial score (nSPS) is 15.1. The lowest BCUT2D eigenvalue weighted by atomic mass is 10.1. The van der Waals surface area contributed by atoms with Crippen LogP contribution in [0.5, 0.6) is 0 Å². The molecule has 1 aliphatic rings. The molecule has 0 bridgehead atoms. The number of benzene rings is 1. The Morgan fingerprint density at radius 3 is 2.61 bits per heavy atom. The number of hydrogen-bond donors (Lipinski definition) is 0. The average Bonchev–Trinajstić information content (AvgIpc) is 3.15. The Labute approximate surface area is 138 Å². The number of rotatable bonds is 2. The number of amides is 1. The fraction of sp³-hybridized carbons (Fsp3) is 0.235. The number of anilines is 1. The van der Waals surface area contributed by atoms with Gasteiger partial charge in [0, 0.05) is 49.3 Å². The third-order valence-corrected chi connectivity index (χ3v) is 4.95. The van der Waals surface area contributed by atoms with Crippen molar-refractivity contribution in [2.45, 2.75) is 0 Å². The van der Waals surface area contributed by atoms with E-state index in [1.165, 1.54) is 0 Å². The van der Waals surface area contributed by atoms with Gasteiger partial charge in [-0.2, -0.15) is 0 Å². The van der Waals surface area contributed by atoms with Crippen LogP contribution >= 0.6 is 11.3 Å². The van der Waals surface area contributed by atoms with Crippen LogP contribution in [0.1, 0.15) is 10.4 Å². The summed E-state index contributed by atoms with van der Waals surface area (Å²) in [6.07, 6.45) is 3.55. The first kappa shape index (κ1) is 14.1. The molecular weight excluding hydrogens is 308 g/mol. The maximum Gasteiger partial charge on any atom is 0.256 e. The molecule has 0 aliphatic carbocycles. The van der Waals surface area contributed by atoms with Gasteiger partial charge in [-0.25, -0.2) is 4.98 Å². The van der Waals surface area contributed by atoms with Crippen LogP contribution in [0.3, 0.4) is 0 Å². The van der Waals surface area contributed by atoms with Gasteiger partial charge in [0.15, 0.2) is 5.13 Å². The number of nitrogens with zero attached hydrogens (tertiary/aromatic N) is 4. The predicted molar refractivity (Wildman–Crippen MR) is 92.0 cm³/mol. The molecule has 2 aromatic heterocycles. The minimum absolute atomic E-state index is 0.0630. The maximum atomic E-state index is 12.9. The summed E-state index contributed by atoms with van der Waals surface area (Å²) in [6.45, 7) is 3.05. The first-order valence-electron chi connectivity index (χ1n) is 7.60. The number of para-hydroxylation sites is 1. The topological polar surface area (TPSA) is 49.3 Å². The van der Waals surface area contributed by atoms with Gasteiger partial charge in [0.1, 0.15) is 0 Å². The molecule has 5 nitrogen and oxygen atoms in total. The lowest BCUT2D eigenvalue weighted by molar-refractivity contribution is 0.0748. The largest absolute Gasteiger partial charge is 0.345 e. The quantitative estimate of drug-likeness (QED) is 0.727. The molecule has 1 aromatic carbocycles. The van der Waals surface area contributed by atoms with Crippen LogP contribution in [0, 0.1) is 0 Å². The van der Waals surface area contributed by atoms with Gasteiger partial charge in [-0.05, 0) is 12.1 Å². The number of piperazine rings is 1. The Morgan fingerprint density at radius 2 is 1.83 bits per heavy atom. The van der Waals surface area contributed by atoms with Crippen molar-refractivity contribution in [1.82, 2.24) is 14.9 Å². The highest BCUT2D eigenvalue weighted by Gasteiger charge is 2.24. The van der Waals surface area contributed by atoms with Crippen molar-refractivity contribution >= 4 is 33.3 Å². The molecule has 3 heterocycles. The van der Waals surface area contributed by atoms with Crippen LogP contribution in [0.2, 0.25) is 0 Å². The molecule has 0 N–H and O–H groups in total. The number of carbonyl (C=O) groups is 1. The van der Waals surface area contributed by atoms with E-state index in [4.69, 9.17) is 0 Å². The minimum Gasteiger partial charge on any atom is -0.345 e. The van der Waals surface area contributed by atoms with Crippen LogP contribution in [0.25, 0.3) is 10.9 Å². The molecule has 0 saturated carbocycles. The van der Waals surface area contributed by atoms with E-state index >= 15 is 0 Å². The molecule has 1 amide bonds. The first-order chi connectivity index (χ1) is 11.3. The van der Waals surface area contributed by atoms with E-state index in [9.17, 15) is 4.79 Å². The van der Waals surface area contributed by atoms with E-state index in [1.54, 1.807) is 17.5 Å². The van der Waals surface area contributed by atoms with Gasteiger partial charge in [-0.15, -0.1) is 11.3 Å². The smallest absolute Gasteiger partial charge is 0.256 e. The number of thiazole rings is 1. The molecule has 0 radical (unpaired) electrons. The highest BCUT2D eigenvalue weighted by molar-refractivity contribution is 7.13. The van der Waals surface area contributed by atoms with Gasteiger partial charge >= 0.3 is 0 Å². The standard InChI is InChI=1S/C17H16N4OS/c22-16(14-5-1-3-13-4-2-6-18-15(13)14)20-8-10-21(11-9-20)17-19-7-12-23-17/h1-7,12H,8-11H2. The third kappa shape index (κ3) is 2.66. The minimum atomic E-state index is 0.0630. The van der Waals surface area contributed by atoms with E-state index < -0.39 is 0 Å². The molecule has 1 saturated heterocycles. The summed E-state index contributed by atoms with van der Waals surface area (Å²) in [4.78, 5) is 25.7. The number of fused-ring (bicyclic) bond motifs is 1. The molecule has 3 aromatic rings. The molecule has 1 aliphatic heterocycles. The average molecular weight is 324 g/mol. The van der Waals surface area contributed by atoms with Crippen molar-refractivity contribution in [2.24, 2.45) is 0 Å². The Kier molecular flexibility index (Phi) is 3.67. The van der Waals surface area contributed by atoms with Gasteiger partial charge in [-0.1, -0.05) is 18.2 Å². The highest BCUT2D eigenvalue weighted by Crippen LogP contribution is 2.21. The second kappa shape index (κ2) is 5.96. The molecule has 1 fully saturated rings. The monoisotopic (exact) mass is 324 g/mol. The highest BCUT2D eigenvalue weighted by atomic mass is 32.1. The lowest BCUT2D eigenvalue weighted by Crippen LogP contribution is -2.48. The summed E-state index contributed by atoms with van der Waals surface area (Å²) < 4.78 is 0. The van der Waals surface area contributed by atoms with E-state index in [0.29, 0.717) is 18.7 Å².